The van der Waals surface area contributed by atoms with Gasteiger partial charge in [-0.15, -0.1) is 0 Å². The van der Waals surface area contributed by atoms with Crippen molar-refractivity contribution in [2.45, 2.75) is 33.7 Å². The summed E-state index contributed by atoms with van der Waals surface area (Å²) in [5, 5.41) is 3.84. The van der Waals surface area contributed by atoms with E-state index < -0.39 is 0 Å². The fourth-order valence-electron chi connectivity index (χ4n) is 3.49. The molecular weight excluding hydrogens is 418 g/mol. The topological polar surface area (TPSA) is 126 Å². The number of imidazole rings is 1. The molecule has 0 bridgehead atoms. The van der Waals surface area contributed by atoms with Crippen molar-refractivity contribution in [3.63, 3.8) is 0 Å². The van der Waals surface area contributed by atoms with Gasteiger partial charge in [0.15, 0.2) is 17.3 Å². The van der Waals surface area contributed by atoms with Crippen LogP contribution in [0.5, 0.6) is 0 Å². The third-order valence-corrected chi connectivity index (χ3v) is 4.99. The van der Waals surface area contributed by atoms with Gasteiger partial charge in [-0.05, 0) is 30.2 Å². The summed E-state index contributed by atoms with van der Waals surface area (Å²) in [5.41, 5.74) is 6.58. The van der Waals surface area contributed by atoms with Crippen LogP contribution in [0.15, 0.2) is 60.2 Å². The number of anilines is 2. The normalized spacial score (nSPS) is 10.6. The number of benzene rings is 1. The van der Waals surface area contributed by atoms with Crippen LogP contribution in [0.1, 0.15) is 32.2 Å². The summed E-state index contributed by atoms with van der Waals surface area (Å²) in [4.78, 5) is 37.9. The van der Waals surface area contributed by atoms with E-state index in [1.165, 1.54) is 11.0 Å². The number of nitrogens with one attached hydrogen (secondary N) is 3. The van der Waals surface area contributed by atoms with E-state index in [1.807, 2.05) is 39.0 Å². The number of hydrogen-bond donors (Lipinski definition) is 3. The van der Waals surface area contributed by atoms with Gasteiger partial charge in [-0.25, -0.2) is 24.6 Å². The highest BCUT2D eigenvalue weighted by atomic mass is 16.1. The molecule has 0 aliphatic rings. The Labute approximate surface area is 190 Å². The number of aromatic nitrogens is 7. The number of H-pyrrole nitrogens is 1. The highest BCUT2D eigenvalue weighted by molar-refractivity contribution is 5.83. The molecule has 5 rings (SSSR count). The number of fused-ring (bicyclic) bond motifs is 2. The summed E-state index contributed by atoms with van der Waals surface area (Å²) in [6, 6.07) is 9.31. The summed E-state index contributed by atoms with van der Waals surface area (Å²) in [6.07, 6.45) is 7.06. The summed E-state index contributed by atoms with van der Waals surface area (Å²) in [7, 11) is 0. The Balaban J connectivity index is 0.00000126. The van der Waals surface area contributed by atoms with Gasteiger partial charge in [0, 0.05) is 12.4 Å². The maximum Gasteiger partial charge on any atom is 0.280 e. The van der Waals surface area contributed by atoms with Crippen LogP contribution in [0.25, 0.3) is 22.1 Å². The second-order valence-electron chi connectivity index (χ2n) is 6.86. The summed E-state index contributed by atoms with van der Waals surface area (Å²) in [6.45, 7) is 6.28. The Morgan fingerprint density at radius 3 is 2.67 bits per heavy atom. The fourth-order valence-corrected chi connectivity index (χ4v) is 3.49. The van der Waals surface area contributed by atoms with Crippen LogP contribution in [0.4, 0.5) is 11.5 Å². The van der Waals surface area contributed by atoms with E-state index >= 15 is 0 Å². The van der Waals surface area contributed by atoms with E-state index in [9.17, 15) is 4.79 Å². The standard InChI is InChI=1S/C21H19N9O.C2H6/c1-2-13-4-3-5-15-17(13)21(31)30(29-14-6-8-22-9-7-14)16(28-15)10-23-19-18-20(25-11-24-18)27-12-26-19;1-2/h3-9,11-12H,2,10H2,1H3,(H,22,29)(H2,23,24,25,26,27);1-2H3. The molecule has 10 heteroatoms. The van der Waals surface area contributed by atoms with Gasteiger partial charge in [0.05, 0.1) is 29.5 Å². The molecule has 1 aromatic carbocycles. The largest absolute Gasteiger partial charge is 0.361 e. The lowest BCUT2D eigenvalue weighted by Gasteiger charge is -2.17. The smallest absolute Gasteiger partial charge is 0.280 e. The predicted octanol–water partition coefficient (Wildman–Crippen LogP) is 3.53. The Hall–Kier alpha value is -4.34. The van der Waals surface area contributed by atoms with Crippen molar-refractivity contribution in [2.24, 2.45) is 0 Å². The molecule has 0 atom stereocenters. The van der Waals surface area contributed by atoms with E-state index in [4.69, 9.17) is 4.98 Å². The minimum absolute atomic E-state index is 0.162. The molecule has 0 saturated carbocycles. The van der Waals surface area contributed by atoms with Gasteiger partial charge in [0.25, 0.3) is 5.56 Å². The first-order chi connectivity index (χ1) is 16.2. The van der Waals surface area contributed by atoms with Crippen molar-refractivity contribution in [3.8, 4) is 0 Å². The molecule has 33 heavy (non-hydrogen) atoms. The van der Waals surface area contributed by atoms with Crippen LogP contribution in [0, 0.1) is 0 Å². The highest BCUT2D eigenvalue weighted by Gasteiger charge is 2.15. The lowest BCUT2D eigenvalue weighted by atomic mass is 10.1. The van der Waals surface area contributed by atoms with Crippen molar-refractivity contribution in [1.82, 2.24) is 34.6 Å². The van der Waals surface area contributed by atoms with E-state index in [-0.39, 0.29) is 12.1 Å². The summed E-state index contributed by atoms with van der Waals surface area (Å²) in [5.74, 6) is 1.09. The Kier molecular flexibility index (Phi) is 6.53. The molecule has 0 saturated heterocycles. The minimum atomic E-state index is -0.162. The first kappa shape index (κ1) is 21.9. The molecule has 0 aliphatic carbocycles. The van der Waals surface area contributed by atoms with Gasteiger partial charge in [-0.1, -0.05) is 32.9 Å². The average Bonchev–Trinajstić information content (AvgIpc) is 3.36. The zero-order valence-corrected chi connectivity index (χ0v) is 18.7. The number of nitrogens with zero attached hydrogens (tertiary/aromatic N) is 6. The predicted molar refractivity (Wildman–Crippen MR) is 129 cm³/mol. The second-order valence-corrected chi connectivity index (χ2v) is 6.86. The zero-order valence-electron chi connectivity index (χ0n) is 18.7. The monoisotopic (exact) mass is 443 g/mol. The van der Waals surface area contributed by atoms with Crippen molar-refractivity contribution in [1.29, 1.82) is 0 Å². The van der Waals surface area contributed by atoms with Crippen LogP contribution < -0.4 is 16.3 Å². The van der Waals surface area contributed by atoms with E-state index in [2.05, 4.69) is 35.7 Å². The van der Waals surface area contributed by atoms with E-state index in [0.717, 1.165) is 17.7 Å². The van der Waals surface area contributed by atoms with Crippen molar-refractivity contribution in [3.05, 3.63) is 77.1 Å². The third-order valence-electron chi connectivity index (χ3n) is 4.99. The van der Waals surface area contributed by atoms with Gasteiger partial charge in [0.1, 0.15) is 11.8 Å². The van der Waals surface area contributed by atoms with Crippen molar-refractivity contribution < 1.29 is 0 Å². The molecule has 0 aliphatic heterocycles. The molecule has 0 amide bonds. The minimum Gasteiger partial charge on any atom is -0.361 e. The van der Waals surface area contributed by atoms with Gasteiger partial charge in [0.2, 0.25) is 0 Å². The van der Waals surface area contributed by atoms with Crippen LogP contribution >= 0.6 is 0 Å². The molecule has 0 spiro atoms. The summed E-state index contributed by atoms with van der Waals surface area (Å²) >= 11 is 0. The number of pyridine rings is 1. The summed E-state index contributed by atoms with van der Waals surface area (Å²) < 4.78 is 1.47. The number of rotatable bonds is 6. The molecule has 0 radical (unpaired) electrons. The van der Waals surface area contributed by atoms with E-state index in [0.29, 0.717) is 33.7 Å². The van der Waals surface area contributed by atoms with Crippen LogP contribution in [-0.2, 0) is 13.0 Å². The first-order valence-electron chi connectivity index (χ1n) is 10.8. The maximum atomic E-state index is 13.5. The lowest BCUT2D eigenvalue weighted by Crippen LogP contribution is -2.32. The Morgan fingerprint density at radius 2 is 1.88 bits per heavy atom. The SMILES string of the molecule is CC.CCc1cccc2nc(CNc3ncnc4nc[nH]c34)n(Nc3ccncc3)c(=O)c12. The van der Waals surface area contributed by atoms with Crippen molar-refractivity contribution in [2.75, 3.05) is 10.7 Å². The van der Waals surface area contributed by atoms with Gasteiger partial charge < -0.3 is 10.3 Å². The first-order valence-corrected chi connectivity index (χ1v) is 10.8. The van der Waals surface area contributed by atoms with Crippen LogP contribution in [0.3, 0.4) is 0 Å². The molecule has 5 aromatic rings. The molecule has 4 aromatic heterocycles. The molecule has 4 heterocycles. The Bertz CT molecular complexity index is 1430. The molecule has 10 nitrogen and oxygen atoms in total. The van der Waals surface area contributed by atoms with Gasteiger partial charge >= 0.3 is 0 Å². The maximum absolute atomic E-state index is 13.5. The van der Waals surface area contributed by atoms with Crippen LogP contribution in [0.2, 0.25) is 0 Å². The Morgan fingerprint density at radius 1 is 1.06 bits per heavy atom. The highest BCUT2D eigenvalue weighted by Crippen LogP contribution is 2.18. The molecule has 3 N–H and O–H groups in total. The van der Waals surface area contributed by atoms with Gasteiger partial charge in [-0.3, -0.25) is 15.2 Å². The average molecular weight is 444 g/mol. The second kappa shape index (κ2) is 9.86. The third kappa shape index (κ3) is 4.36. The lowest BCUT2D eigenvalue weighted by molar-refractivity contribution is 0.781. The van der Waals surface area contributed by atoms with Crippen molar-refractivity contribution >= 4 is 33.6 Å². The quantitative estimate of drug-likeness (QED) is 0.364. The zero-order chi connectivity index (χ0) is 23.2. The molecule has 168 valence electrons. The van der Waals surface area contributed by atoms with Crippen LogP contribution in [-0.4, -0.2) is 34.6 Å². The van der Waals surface area contributed by atoms with E-state index in [1.54, 1.807) is 30.9 Å². The number of aromatic amines is 1. The molecule has 0 unspecified atom stereocenters. The molecule has 0 fully saturated rings. The fraction of sp³-hybridized carbons (Fsp3) is 0.217. The molecular formula is C23H25N9O. The van der Waals surface area contributed by atoms with Gasteiger partial charge in [-0.2, -0.15) is 0 Å². The number of hydrogen-bond acceptors (Lipinski definition) is 8. The number of aryl methyl sites for hydroxylation is 1.